The van der Waals surface area contributed by atoms with Gasteiger partial charge in [-0.1, -0.05) is 29.8 Å². The third-order valence-electron chi connectivity index (χ3n) is 4.05. The molecule has 124 valence electrons. The summed E-state index contributed by atoms with van der Waals surface area (Å²) in [5.41, 5.74) is 3.72. The fourth-order valence-electron chi connectivity index (χ4n) is 2.84. The predicted octanol–water partition coefficient (Wildman–Crippen LogP) is 5.44. The molecule has 2 aromatic rings. The lowest BCUT2D eigenvalue weighted by Gasteiger charge is -2.18. The summed E-state index contributed by atoms with van der Waals surface area (Å²) in [6.45, 7) is 4.09. The first-order valence-electron chi connectivity index (χ1n) is 7.58. The summed E-state index contributed by atoms with van der Waals surface area (Å²) < 4.78 is 13.4. The first-order valence-corrected chi connectivity index (χ1v) is 8.84. The Morgan fingerprint density at radius 1 is 1.17 bits per heavy atom. The normalized spacial score (nSPS) is 15.3. The van der Waals surface area contributed by atoms with Gasteiger partial charge in [0.1, 0.15) is 5.82 Å². The molecule has 0 saturated carbocycles. The van der Waals surface area contributed by atoms with Crippen LogP contribution in [0.5, 0.6) is 0 Å². The lowest BCUT2D eigenvalue weighted by atomic mass is 10.0. The van der Waals surface area contributed by atoms with Crippen molar-refractivity contribution in [1.29, 1.82) is 0 Å². The molecule has 0 aromatic heterocycles. The molecular weight excluding hydrogens is 352 g/mol. The van der Waals surface area contributed by atoms with Crippen molar-refractivity contribution in [2.45, 2.75) is 29.9 Å². The number of fused-ring (bicyclic) bond motifs is 1. The van der Waals surface area contributed by atoms with Crippen LogP contribution >= 0.6 is 35.8 Å². The van der Waals surface area contributed by atoms with Crippen LogP contribution in [0.15, 0.2) is 41.3 Å². The zero-order valence-corrected chi connectivity index (χ0v) is 15.3. The van der Waals surface area contributed by atoms with Gasteiger partial charge >= 0.3 is 0 Å². The minimum atomic E-state index is -0.188. The number of halogens is 3. The first kappa shape index (κ1) is 18.6. The monoisotopic (exact) mass is 371 g/mol. The van der Waals surface area contributed by atoms with Gasteiger partial charge in [0.25, 0.3) is 0 Å². The third kappa shape index (κ3) is 4.42. The molecule has 0 radical (unpaired) electrons. The van der Waals surface area contributed by atoms with Gasteiger partial charge in [0.05, 0.1) is 5.02 Å². The second-order valence-corrected chi connectivity index (χ2v) is 7.34. The molecule has 0 bridgehead atoms. The van der Waals surface area contributed by atoms with Gasteiger partial charge in [-0.05, 0) is 67.7 Å². The van der Waals surface area contributed by atoms with Crippen LogP contribution in [0.25, 0.3) is 0 Å². The lowest BCUT2D eigenvalue weighted by Crippen LogP contribution is -2.16. The number of hydrogen-bond donors (Lipinski definition) is 1. The third-order valence-corrected chi connectivity index (χ3v) is 5.80. The van der Waals surface area contributed by atoms with E-state index in [4.69, 9.17) is 11.6 Å². The van der Waals surface area contributed by atoms with Crippen LogP contribution in [-0.2, 0) is 12.8 Å². The highest BCUT2D eigenvalue weighted by atomic mass is 35.5. The van der Waals surface area contributed by atoms with Crippen LogP contribution in [0.4, 0.5) is 4.39 Å². The van der Waals surface area contributed by atoms with Crippen molar-refractivity contribution in [3.63, 3.8) is 0 Å². The smallest absolute Gasteiger partial charge is 0.123 e. The van der Waals surface area contributed by atoms with E-state index in [1.165, 1.54) is 17.2 Å². The van der Waals surface area contributed by atoms with E-state index in [0.29, 0.717) is 0 Å². The van der Waals surface area contributed by atoms with E-state index in [1.54, 1.807) is 23.9 Å². The molecular formula is C18H20Cl2FNS. The molecule has 0 spiro atoms. The Bertz CT molecular complexity index is 678. The predicted molar refractivity (Wildman–Crippen MR) is 99.6 cm³/mol. The van der Waals surface area contributed by atoms with Crippen molar-refractivity contribution in [2.75, 3.05) is 13.1 Å². The molecule has 0 aliphatic carbocycles. The van der Waals surface area contributed by atoms with E-state index in [2.05, 4.69) is 18.3 Å². The second-order valence-electron chi connectivity index (χ2n) is 5.58. The van der Waals surface area contributed by atoms with Crippen molar-refractivity contribution in [2.24, 2.45) is 0 Å². The Kier molecular flexibility index (Phi) is 6.78. The van der Waals surface area contributed by atoms with Gasteiger partial charge in [-0.15, -0.1) is 24.2 Å². The van der Waals surface area contributed by atoms with Gasteiger partial charge in [0.2, 0.25) is 0 Å². The molecule has 23 heavy (non-hydrogen) atoms. The number of nitrogens with one attached hydrogen (secondary N) is 1. The summed E-state index contributed by atoms with van der Waals surface area (Å²) in [6, 6.07) is 11.0. The molecule has 2 aromatic carbocycles. The van der Waals surface area contributed by atoms with Crippen molar-refractivity contribution >= 4 is 35.8 Å². The zero-order valence-electron chi connectivity index (χ0n) is 12.9. The molecule has 1 N–H and O–H groups in total. The van der Waals surface area contributed by atoms with Gasteiger partial charge in [-0.3, -0.25) is 0 Å². The molecule has 0 fully saturated rings. The highest BCUT2D eigenvalue weighted by Crippen LogP contribution is 2.42. The average molecular weight is 372 g/mol. The highest BCUT2D eigenvalue weighted by molar-refractivity contribution is 7.99. The molecule has 1 atom stereocenters. The number of thioether (sulfide) groups is 1. The Labute approximate surface area is 152 Å². The maximum absolute atomic E-state index is 13.4. The fraction of sp³-hybridized carbons (Fsp3) is 0.333. The molecule has 1 unspecified atom stereocenters. The van der Waals surface area contributed by atoms with Gasteiger partial charge in [-0.2, -0.15) is 0 Å². The Morgan fingerprint density at radius 2 is 1.96 bits per heavy atom. The lowest BCUT2D eigenvalue weighted by molar-refractivity contribution is 0.625. The maximum atomic E-state index is 13.4. The van der Waals surface area contributed by atoms with Crippen molar-refractivity contribution in [3.05, 3.63) is 63.9 Å². The Balaban J connectivity index is 0.00000192. The van der Waals surface area contributed by atoms with Crippen LogP contribution < -0.4 is 5.32 Å². The molecule has 0 amide bonds. The summed E-state index contributed by atoms with van der Waals surface area (Å²) in [5, 5.41) is 4.39. The van der Waals surface area contributed by atoms with E-state index in [-0.39, 0.29) is 23.5 Å². The Hall–Kier alpha value is -0.740. The van der Waals surface area contributed by atoms with E-state index in [0.717, 1.165) is 41.4 Å². The summed E-state index contributed by atoms with van der Waals surface area (Å²) in [7, 11) is 0. The van der Waals surface area contributed by atoms with Gasteiger partial charge in [-0.25, -0.2) is 4.39 Å². The summed E-state index contributed by atoms with van der Waals surface area (Å²) in [6.07, 6.45) is 2.03. The van der Waals surface area contributed by atoms with E-state index in [1.807, 2.05) is 12.1 Å². The molecule has 3 rings (SSSR count). The molecule has 5 heteroatoms. The van der Waals surface area contributed by atoms with Crippen LogP contribution in [-0.4, -0.2) is 13.1 Å². The van der Waals surface area contributed by atoms with Gasteiger partial charge < -0.3 is 5.32 Å². The molecule has 1 heterocycles. The topological polar surface area (TPSA) is 12.0 Å². The fourth-order valence-corrected chi connectivity index (χ4v) is 4.34. The SMILES string of the molecule is CC(Sc1c(Cl)ccc2c1CCNCC2)c1cccc(F)c1.Cl. The zero-order chi connectivity index (χ0) is 15.5. The molecule has 1 aliphatic heterocycles. The maximum Gasteiger partial charge on any atom is 0.123 e. The van der Waals surface area contributed by atoms with E-state index in [9.17, 15) is 4.39 Å². The highest BCUT2D eigenvalue weighted by Gasteiger charge is 2.18. The second kappa shape index (κ2) is 8.39. The minimum Gasteiger partial charge on any atom is -0.316 e. The molecule has 1 nitrogen and oxygen atoms in total. The summed E-state index contributed by atoms with van der Waals surface area (Å²) >= 11 is 8.19. The number of benzene rings is 2. The molecule has 1 aliphatic rings. The largest absolute Gasteiger partial charge is 0.316 e. The summed E-state index contributed by atoms with van der Waals surface area (Å²) in [5.74, 6) is -0.188. The minimum absolute atomic E-state index is 0. The van der Waals surface area contributed by atoms with Crippen molar-refractivity contribution < 1.29 is 4.39 Å². The van der Waals surface area contributed by atoms with Gasteiger partial charge in [0.15, 0.2) is 0 Å². The van der Waals surface area contributed by atoms with Crippen molar-refractivity contribution in [3.8, 4) is 0 Å². The van der Waals surface area contributed by atoms with Crippen LogP contribution in [0.2, 0.25) is 5.02 Å². The standard InChI is InChI=1S/C18H19ClFNS.ClH/c1-12(14-3-2-4-15(20)11-14)22-18-16-8-10-21-9-7-13(16)5-6-17(18)19;/h2-6,11-12,21H,7-10H2,1H3;1H. The van der Waals surface area contributed by atoms with E-state index >= 15 is 0 Å². The quantitative estimate of drug-likeness (QED) is 0.720. The number of rotatable bonds is 3. The summed E-state index contributed by atoms with van der Waals surface area (Å²) in [4.78, 5) is 1.15. The number of hydrogen-bond acceptors (Lipinski definition) is 2. The van der Waals surface area contributed by atoms with E-state index < -0.39 is 0 Å². The average Bonchev–Trinajstić information content (AvgIpc) is 2.75. The van der Waals surface area contributed by atoms with Crippen molar-refractivity contribution in [1.82, 2.24) is 5.32 Å². The van der Waals surface area contributed by atoms with Crippen LogP contribution in [0.3, 0.4) is 0 Å². The Morgan fingerprint density at radius 3 is 2.74 bits per heavy atom. The van der Waals surface area contributed by atoms with Crippen LogP contribution in [0, 0.1) is 5.82 Å². The first-order chi connectivity index (χ1) is 10.6. The van der Waals surface area contributed by atoms with Crippen LogP contribution in [0.1, 0.15) is 28.9 Å². The molecule has 0 saturated heterocycles. The van der Waals surface area contributed by atoms with Gasteiger partial charge in [0, 0.05) is 10.1 Å².